The van der Waals surface area contributed by atoms with Crippen LogP contribution in [0.3, 0.4) is 0 Å². The first-order valence-corrected chi connectivity index (χ1v) is 6.17. The van der Waals surface area contributed by atoms with Gasteiger partial charge in [0.05, 0.1) is 7.11 Å². The van der Waals surface area contributed by atoms with Crippen molar-refractivity contribution in [3.8, 4) is 17.2 Å². The lowest BCUT2D eigenvalue weighted by molar-refractivity contribution is 0.361. The van der Waals surface area contributed by atoms with Crippen LogP contribution in [0, 0.1) is 13.8 Å². The first-order chi connectivity index (χ1) is 8.43. The van der Waals surface area contributed by atoms with E-state index in [1.54, 1.807) is 6.92 Å². The fraction of sp³-hybridized carbons (Fsp3) is 0.467. The van der Waals surface area contributed by atoms with Gasteiger partial charge in [-0.05, 0) is 39.2 Å². The minimum atomic E-state index is 0.130. The summed E-state index contributed by atoms with van der Waals surface area (Å²) in [6.07, 6.45) is 3.65. The van der Waals surface area contributed by atoms with Crippen molar-refractivity contribution in [2.75, 3.05) is 7.11 Å². The van der Waals surface area contributed by atoms with Crippen molar-refractivity contribution in [1.29, 1.82) is 0 Å². The zero-order valence-corrected chi connectivity index (χ0v) is 11.8. The van der Waals surface area contributed by atoms with E-state index in [0.717, 1.165) is 12.0 Å². The third-order valence-electron chi connectivity index (χ3n) is 3.42. The number of methoxy groups -OCH3 is 1. The Hall–Kier alpha value is -1.64. The minimum Gasteiger partial charge on any atom is -0.507 e. The number of phenolic OH excluding ortho intramolecular Hbond substituents is 2. The molecule has 0 aliphatic heterocycles. The number of hydrogen-bond donors (Lipinski definition) is 2. The van der Waals surface area contributed by atoms with Gasteiger partial charge < -0.3 is 14.9 Å². The van der Waals surface area contributed by atoms with E-state index in [9.17, 15) is 10.2 Å². The zero-order valence-electron chi connectivity index (χ0n) is 11.8. The van der Waals surface area contributed by atoms with E-state index >= 15 is 0 Å². The molecule has 0 saturated carbocycles. The van der Waals surface area contributed by atoms with Crippen molar-refractivity contribution in [1.82, 2.24) is 0 Å². The molecule has 18 heavy (non-hydrogen) atoms. The standard InChI is InChI=1S/C15H22O3/c1-6-9(2)7-8-12-10(3)13(16)11(4)15(18-5)14(12)17/h7,16-17H,6,8H2,1-5H3/b9-7+. The third kappa shape index (κ3) is 2.61. The minimum absolute atomic E-state index is 0.130. The fourth-order valence-electron chi connectivity index (χ4n) is 1.94. The molecule has 0 fully saturated rings. The van der Waals surface area contributed by atoms with Crippen LogP contribution in [0.5, 0.6) is 17.2 Å². The van der Waals surface area contributed by atoms with Crippen molar-refractivity contribution in [2.45, 2.75) is 40.5 Å². The van der Waals surface area contributed by atoms with Crippen molar-refractivity contribution in [2.24, 2.45) is 0 Å². The molecule has 0 radical (unpaired) electrons. The summed E-state index contributed by atoms with van der Waals surface area (Å²) in [7, 11) is 1.49. The Bertz CT molecular complexity index is 473. The van der Waals surface area contributed by atoms with Gasteiger partial charge in [-0.1, -0.05) is 18.6 Å². The Balaban J connectivity index is 3.31. The Morgan fingerprint density at radius 1 is 1.17 bits per heavy atom. The first-order valence-electron chi connectivity index (χ1n) is 6.17. The predicted octanol–water partition coefficient (Wildman–Crippen LogP) is 3.62. The quantitative estimate of drug-likeness (QED) is 0.634. The molecule has 0 saturated heterocycles. The SMILES string of the molecule is CC/C(C)=C/Cc1c(C)c(O)c(C)c(OC)c1O. The molecule has 0 aliphatic rings. The lowest BCUT2D eigenvalue weighted by atomic mass is 9.98. The van der Waals surface area contributed by atoms with Gasteiger partial charge in [-0.2, -0.15) is 0 Å². The summed E-state index contributed by atoms with van der Waals surface area (Å²) in [4.78, 5) is 0. The van der Waals surface area contributed by atoms with E-state index in [0.29, 0.717) is 23.3 Å². The van der Waals surface area contributed by atoms with E-state index in [-0.39, 0.29) is 11.5 Å². The molecule has 0 unspecified atom stereocenters. The van der Waals surface area contributed by atoms with Crippen LogP contribution in [0.1, 0.15) is 37.0 Å². The maximum atomic E-state index is 10.2. The first kappa shape index (κ1) is 14.4. The van der Waals surface area contributed by atoms with Crippen molar-refractivity contribution in [3.05, 3.63) is 28.3 Å². The molecule has 0 heterocycles. The van der Waals surface area contributed by atoms with Gasteiger partial charge in [0.15, 0.2) is 11.5 Å². The van der Waals surface area contributed by atoms with Gasteiger partial charge in [0, 0.05) is 11.1 Å². The molecule has 2 N–H and O–H groups in total. The van der Waals surface area contributed by atoms with Crippen LogP contribution in [0.2, 0.25) is 0 Å². The summed E-state index contributed by atoms with van der Waals surface area (Å²) in [5.74, 6) is 0.684. The molecule has 1 aromatic carbocycles. The van der Waals surface area contributed by atoms with Gasteiger partial charge in [-0.15, -0.1) is 0 Å². The van der Waals surface area contributed by atoms with Crippen LogP contribution in [0.15, 0.2) is 11.6 Å². The highest BCUT2D eigenvalue weighted by atomic mass is 16.5. The summed E-state index contributed by atoms with van der Waals surface area (Å²) in [5.41, 5.74) is 3.27. The predicted molar refractivity (Wildman–Crippen MR) is 73.5 cm³/mol. The Kier molecular flexibility index (Phi) is 4.65. The van der Waals surface area contributed by atoms with E-state index in [2.05, 4.69) is 19.9 Å². The number of benzene rings is 1. The lowest BCUT2D eigenvalue weighted by Crippen LogP contribution is -1.97. The highest BCUT2D eigenvalue weighted by Gasteiger charge is 2.18. The Morgan fingerprint density at radius 3 is 2.28 bits per heavy atom. The summed E-state index contributed by atoms with van der Waals surface area (Å²) in [6, 6.07) is 0. The summed E-state index contributed by atoms with van der Waals surface area (Å²) in [6.45, 7) is 7.69. The van der Waals surface area contributed by atoms with E-state index in [4.69, 9.17) is 4.74 Å². The highest BCUT2D eigenvalue weighted by molar-refractivity contribution is 5.61. The van der Waals surface area contributed by atoms with E-state index < -0.39 is 0 Å². The number of ether oxygens (including phenoxy) is 1. The van der Waals surface area contributed by atoms with Crippen LogP contribution in [0.25, 0.3) is 0 Å². The topological polar surface area (TPSA) is 49.7 Å². The number of phenols is 2. The van der Waals surface area contributed by atoms with Crippen molar-refractivity contribution >= 4 is 0 Å². The molecule has 0 spiro atoms. The number of hydrogen-bond acceptors (Lipinski definition) is 3. The van der Waals surface area contributed by atoms with Crippen LogP contribution >= 0.6 is 0 Å². The van der Waals surface area contributed by atoms with Crippen LogP contribution < -0.4 is 4.74 Å². The summed E-state index contributed by atoms with van der Waals surface area (Å²) >= 11 is 0. The highest BCUT2D eigenvalue weighted by Crippen LogP contribution is 2.42. The maximum Gasteiger partial charge on any atom is 0.167 e. The molecular formula is C15H22O3. The smallest absolute Gasteiger partial charge is 0.167 e. The van der Waals surface area contributed by atoms with Crippen LogP contribution in [-0.4, -0.2) is 17.3 Å². The average molecular weight is 250 g/mol. The normalized spacial score (nSPS) is 11.7. The number of rotatable bonds is 4. The molecule has 0 bridgehead atoms. The van der Waals surface area contributed by atoms with Crippen molar-refractivity contribution < 1.29 is 14.9 Å². The fourth-order valence-corrected chi connectivity index (χ4v) is 1.94. The molecule has 3 nitrogen and oxygen atoms in total. The molecule has 0 amide bonds. The molecule has 3 heteroatoms. The molecular weight excluding hydrogens is 228 g/mol. The van der Waals surface area contributed by atoms with Gasteiger partial charge in [0.1, 0.15) is 5.75 Å². The molecule has 0 aliphatic carbocycles. The average Bonchev–Trinajstić information content (AvgIpc) is 2.36. The molecule has 0 aromatic heterocycles. The molecule has 1 aromatic rings. The van der Waals surface area contributed by atoms with Crippen LogP contribution in [-0.2, 0) is 6.42 Å². The third-order valence-corrected chi connectivity index (χ3v) is 3.42. The Labute approximate surface area is 109 Å². The van der Waals surface area contributed by atoms with Gasteiger partial charge in [0.25, 0.3) is 0 Å². The van der Waals surface area contributed by atoms with Crippen molar-refractivity contribution in [3.63, 3.8) is 0 Å². The maximum absolute atomic E-state index is 10.2. The summed E-state index contributed by atoms with van der Waals surface area (Å²) < 4.78 is 5.15. The second kappa shape index (κ2) is 5.80. The zero-order chi connectivity index (χ0) is 13.9. The van der Waals surface area contributed by atoms with Gasteiger partial charge in [-0.3, -0.25) is 0 Å². The molecule has 0 atom stereocenters. The largest absolute Gasteiger partial charge is 0.507 e. The van der Waals surface area contributed by atoms with Gasteiger partial charge in [0.2, 0.25) is 0 Å². The molecule has 1 rings (SSSR count). The second-order valence-corrected chi connectivity index (χ2v) is 4.57. The van der Waals surface area contributed by atoms with Gasteiger partial charge >= 0.3 is 0 Å². The number of aromatic hydroxyl groups is 2. The monoisotopic (exact) mass is 250 g/mol. The van der Waals surface area contributed by atoms with E-state index in [1.165, 1.54) is 12.7 Å². The van der Waals surface area contributed by atoms with Crippen LogP contribution in [0.4, 0.5) is 0 Å². The second-order valence-electron chi connectivity index (χ2n) is 4.57. The molecule has 100 valence electrons. The number of allylic oxidation sites excluding steroid dienone is 2. The van der Waals surface area contributed by atoms with E-state index in [1.807, 2.05) is 6.92 Å². The lowest BCUT2D eigenvalue weighted by Gasteiger charge is -2.16. The summed E-state index contributed by atoms with van der Waals surface area (Å²) in [5, 5.41) is 20.2. The Morgan fingerprint density at radius 2 is 1.78 bits per heavy atom. The van der Waals surface area contributed by atoms with Gasteiger partial charge in [-0.25, -0.2) is 0 Å².